The Balaban J connectivity index is 1.52. The molecule has 5 rings (SSSR count). The number of hydrogen-bond donors (Lipinski definition) is 2. The lowest BCUT2D eigenvalue weighted by Gasteiger charge is -2.38. The summed E-state index contributed by atoms with van der Waals surface area (Å²) in [5, 5.41) is 15.0. The number of aromatic hydroxyl groups is 1. The fraction of sp³-hybridized carbons (Fsp3) is 0.167. The minimum absolute atomic E-state index is 0.0837. The van der Waals surface area contributed by atoms with Gasteiger partial charge in [-0.25, -0.2) is 0 Å². The van der Waals surface area contributed by atoms with Crippen molar-refractivity contribution >= 4 is 28.9 Å². The Morgan fingerprint density at radius 2 is 1.76 bits per heavy atom. The SMILES string of the molecule is Oc1c(Cl)cc(Cl)cc1C1Nc2ccc(Oc3ccccc3)cc2C2C=CCC21. The average molecular weight is 424 g/mol. The molecule has 0 saturated heterocycles. The highest BCUT2D eigenvalue weighted by Crippen LogP contribution is 2.52. The minimum Gasteiger partial charge on any atom is -0.506 e. The Labute approximate surface area is 179 Å². The molecule has 0 spiro atoms. The van der Waals surface area contributed by atoms with Gasteiger partial charge in [0, 0.05) is 22.2 Å². The van der Waals surface area contributed by atoms with Gasteiger partial charge in [0.05, 0.1) is 11.1 Å². The van der Waals surface area contributed by atoms with Crippen molar-refractivity contribution < 1.29 is 9.84 Å². The van der Waals surface area contributed by atoms with Crippen LogP contribution in [-0.2, 0) is 0 Å². The van der Waals surface area contributed by atoms with Gasteiger partial charge in [-0.05, 0) is 60.4 Å². The Hall–Kier alpha value is -2.62. The maximum atomic E-state index is 10.6. The topological polar surface area (TPSA) is 41.5 Å². The summed E-state index contributed by atoms with van der Waals surface area (Å²) in [6.45, 7) is 0. The third-order valence-corrected chi connectivity index (χ3v) is 6.21. The van der Waals surface area contributed by atoms with Crippen LogP contribution in [0, 0.1) is 5.92 Å². The lowest BCUT2D eigenvalue weighted by molar-refractivity contribution is 0.401. The van der Waals surface area contributed by atoms with Crippen molar-refractivity contribution in [1.29, 1.82) is 0 Å². The molecule has 2 N–H and O–H groups in total. The van der Waals surface area contributed by atoms with E-state index in [0.29, 0.717) is 5.02 Å². The standard InChI is InChI=1S/C24H19Cl2NO2/c25-14-11-20(24(28)21(26)12-14)23-18-8-4-7-17(18)19-13-16(9-10-22(19)27-23)29-15-5-2-1-3-6-15/h1-7,9-13,17-18,23,27-28H,8H2. The maximum absolute atomic E-state index is 10.6. The highest BCUT2D eigenvalue weighted by molar-refractivity contribution is 6.35. The Bertz CT molecular complexity index is 1100. The number of fused-ring (bicyclic) bond motifs is 3. The predicted octanol–water partition coefficient (Wildman–Crippen LogP) is 7.32. The van der Waals surface area contributed by atoms with Gasteiger partial charge in [-0.2, -0.15) is 0 Å². The zero-order valence-corrected chi connectivity index (χ0v) is 17.0. The number of rotatable bonds is 3. The van der Waals surface area contributed by atoms with Crippen molar-refractivity contribution in [1.82, 2.24) is 0 Å². The summed E-state index contributed by atoms with van der Waals surface area (Å²) in [5.41, 5.74) is 2.95. The molecule has 3 atom stereocenters. The van der Waals surface area contributed by atoms with Gasteiger partial charge in [0.2, 0.25) is 0 Å². The molecular weight excluding hydrogens is 405 g/mol. The smallest absolute Gasteiger partial charge is 0.139 e. The van der Waals surface area contributed by atoms with Gasteiger partial charge in [-0.15, -0.1) is 0 Å². The van der Waals surface area contributed by atoms with E-state index in [9.17, 15) is 5.11 Å². The maximum Gasteiger partial charge on any atom is 0.139 e. The number of phenolic OH excluding ortho intramolecular Hbond substituents is 1. The summed E-state index contributed by atoms with van der Waals surface area (Å²) in [4.78, 5) is 0. The Morgan fingerprint density at radius 3 is 2.59 bits per heavy atom. The molecule has 1 heterocycles. The van der Waals surface area contributed by atoms with Crippen LogP contribution in [0.4, 0.5) is 5.69 Å². The first-order chi connectivity index (χ1) is 14.1. The first-order valence-corrected chi connectivity index (χ1v) is 10.3. The highest BCUT2D eigenvalue weighted by Gasteiger charge is 2.39. The van der Waals surface area contributed by atoms with Gasteiger partial charge < -0.3 is 15.2 Å². The monoisotopic (exact) mass is 423 g/mol. The number of nitrogens with one attached hydrogen (secondary N) is 1. The van der Waals surface area contributed by atoms with Crippen molar-refractivity contribution in [2.24, 2.45) is 5.92 Å². The second-order valence-electron chi connectivity index (χ2n) is 7.47. The summed E-state index contributed by atoms with van der Waals surface area (Å²) in [6.07, 6.45) is 5.36. The largest absolute Gasteiger partial charge is 0.506 e. The first kappa shape index (κ1) is 18.4. The van der Waals surface area contributed by atoms with E-state index in [1.807, 2.05) is 42.5 Å². The lowest BCUT2D eigenvalue weighted by Crippen LogP contribution is -2.29. The van der Waals surface area contributed by atoms with Gasteiger partial charge in [-0.1, -0.05) is 53.6 Å². The van der Waals surface area contributed by atoms with E-state index in [1.54, 1.807) is 12.1 Å². The summed E-state index contributed by atoms with van der Waals surface area (Å²) in [5.74, 6) is 2.20. The van der Waals surface area contributed by atoms with Crippen LogP contribution in [0.2, 0.25) is 10.0 Å². The molecule has 146 valence electrons. The molecule has 0 bridgehead atoms. The van der Waals surface area contributed by atoms with Crippen LogP contribution in [0.1, 0.15) is 29.5 Å². The van der Waals surface area contributed by atoms with Crippen LogP contribution in [0.5, 0.6) is 17.2 Å². The summed E-state index contributed by atoms with van der Waals surface area (Å²) < 4.78 is 6.03. The summed E-state index contributed by atoms with van der Waals surface area (Å²) in [7, 11) is 0. The molecule has 3 unspecified atom stereocenters. The molecule has 3 aromatic rings. The molecule has 29 heavy (non-hydrogen) atoms. The van der Waals surface area contributed by atoms with Crippen molar-refractivity contribution in [2.45, 2.75) is 18.4 Å². The fourth-order valence-corrected chi connectivity index (χ4v) is 4.90. The van der Waals surface area contributed by atoms with Gasteiger partial charge in [0.1, 0.15) is 17.2 Å². The number of hydrogen-bond acceptors (Lipinski definition) is 3. The van der Waals surface area contributed by atoms with Gasteiger partial charge in [0.15, 0.2) is 0 Å². The minimum atomic E-state index is -0.0837. The van der Waals surface area contributed by atoms with Crippen LogP contribution in [0.25, 0.3) is 0 Å². The van der Waals surface area contributed by atoms with Crippen molar-refractivity contribution in [2.75, 3.05) is 5.32 Å². The molecule has 1 aliphatic carbocycles. The average Bonchev–Trinajstić information content (AvgIpc) is 3.21. The van der Waals surface area contributed by atoms with Crippen LogP contribution >= 0.6 is 23.2 Å². The molecule has 0 radical (unpaired) electrons. The van der Waals surface area contributed by atoms with E-state index < -0.39 is 0 Å². The molecule has 0 aromatic heterocycles. The van der Waals surface area contributed by atoms with Crippen LogP contribution in [0.15, 0.2) is 72.8 Å². The highest BCUT2D eigenvalue weighted by atomic mass is 35.5. The molecule has 2 aliphatic rings. The molecule has 0 amide bonds. The lowest BCUT2D eigenvalue weighted by atomic mass is 9.77. The van der Waals surface area contributed by atoms with E-state index in [-0.39, 0.29) is 28.6 Å². The zero-order valence-electron chi connectivity index (χ0n) is 15.5. The molecule has 3 aromatic carbocycles. The number of halogens is 2. The van der Waals surface area contributed by atoms with Gasteiger partial charge in [0.25, 0.3) is 0 Å². The quantitative estimate of drug-likeness (QED) is 0.433. The van der Waals surface area contributed by atoms with E-state index in [2.05, 4.69) is 23.5 Å². The molecule has 3 nitrogen and oxygen atoms in total. The molecule has 1 aliphatic heterocycles. The number of para-hydroxylation sites is 1. The second-order valence-corrected chi connectivity index (χ2v) is 8.31. The van der Waals surface area contributed by atoms with Crippen molar-refractivity contribution in [3.63, 3.8) is 0 Å². The van der Waals surface area contributed by atoms with E-state index in [1.165, 1.54) is 5.56 Å². The number of phenols is 1. The van der Waals surface area contributed by atoms with Gasteiger partial charge in [-0.3, -0.25) is 0 Å². The van der Waals surface area contributed by atoms with Gasteiger partial charge >= 0.3 is 0 Å². The van der Waals surface area contributed by atoms with Crippen LogP contribution in [0.3, 0.4) is 0 Å². The van der Waals surface area contributed by atoms with Crippen molar-refractivity contribution in [3.05, 3.63) is 94.0 Å². The zero-order chi connectivity index (χ0) is 20.0. The molecular formula is C24H19Cl2NO2. The number of ether oxygens (including phenoxy) is 1. The predicted molar refractivity (Wildman–Crippen MR) is 117 cm³/mol. The second kappa shape index (κ2) is 7.33. The third kappa shape index (κ3) is 3.35. The molecule has 0 saturated carbocycles. The molecule has 5 heteroatoms. The van der Waals surface area contributed by atoms with Crippen molar-refractivity contribution in [3.8, 4) is 17.2 Å². The molecule has 0 fully saturated rings. The summed E-state index contributed by atoms with van der Waals surface area (Å²) >= 11 is 12.4. The number of allylic oxidation sites excluding steroid dienone is 2. The van der Waals surface area contributed by atoms with E-state index in [4.69, 9.17) is 27.9 Å². The fourth-order valence-electron chi connectivity index (χ4n) is 4.39. The number of benzene rings is 3. The van der Waals surface area contributed by atoms with E-state index in [0.717, 1.165) is 29.2 Å². The summed E-state index contributed by atoms with van der Waals surface area (Å²) in [6, 6.07) is 19.1. The van der Waals surface area contributed by atoms with E-state index >= 15 is 0 Å². The van der Waals surface area contributed by atoms with Crippen LogP contribution in [-0.4, -0.2) is 5.11 Å². The number of anilines is 1. The Morgan fingerprint density at radius 1 is 0.931 bits per heavy atom. The first-order valence-electron chi connectivity index (χ1n) is 9.58. The third-order valence-electron chi connectivity index (χ3n) is 5.71. The normalized spacial score (nSPS) is 21.9. The van der Waals surface area contributed by atoms with Crippen LogP contribution < -0.4 is 10.1 Å². The Kier molecular flexibility index (Phi) is 4.65.